The zero-order valence-electron chi connectivity index (χ0n) is 12.8. The average Bonchev–Trinajstić information content (AvgIpc) is 3.11. The summed E-state index contributed by atoms with van der Waals surface area (Å²) in [5, 5.41) is 3.67. The van der Waals surface area contributed by atoms with Crippen LogP contribution in [0.1, 0.15) is 59.8 Å². The number of likely N-dealkylation sites (tertiary alicyclic amines) is 1. The molecule has 0 amide bonds. The maximum absolute atomic E-state index is 3.67. The molecule has 1 aliphatic carbocycles. The van der Waals surface area contributed by atoms with E-state index in [1.807, 2.05) is 0 Å². The van der Waals surface area contributed by atoms with Crippen LogP contribution in [0.3, 0.4) is 0 Å². The Labute approximate surface area is 114 Å². The van der Waals surface area contributed by atoms with Gasteiger partial charge >= 0.3 is 0 Å². The lowest BCUT2D eigenvalue weighted by Crippen LogP contribution is -2.41. The zero-order valence-corrected chi connectivity index (χ0v) is 12.8. The molecule has 0 bridgehead atoms. The SMILES string of the molecule is CC(CNC1CC1)N1CCCC(C(C)(C)C)CC1. The molecule has 2 nitrogen and oxygen atoms in total. The number of hydrogen-bond acceptors (Lipinski definition) is 2. The molecule has 0 aromatic rings. The Kier molecular flexibility index (Phi) is 4.71. The van der Waals surface area contributed by atoms with E-state index < -0.39 is 0 Å². The van der Waals surface area contributed by atoms with Crippen LogP contribution in [0, 0.1) is 11.3 Å². The van der Waals surface area contributed by atoms with Crippen LogP contribution in [0.15, 0.2) is 0 Å². The molecule has 0 radical (unpaired) electrons. The van der Waals surface area contributed by atoms with Gasteiger partial charge in [-0.3, -0.25) is 4.90 Å². The summed E-state index contributed by atoms with van der Waals surface area (Å²) in [4.78, 5) is 2.71. The second-order valence-corrected chi connectivity index (χ2v) is 7.56. The smallest absolute Gasteiger partial charge is 0.0192 e. The second-order valence-electron chi connectivity index (χ2n) is 7.56. The van der Waals surface area contributed by atoms with E-state index in [0.29, 0.717) is 11.5 Å². The van der Waals surface area contributed by atoms with Crippen LogP contribution in [0.4, 0.5) is 0 Å². The third-order valence-corrected chi connectivity index (χ3v) is 4.89. The van der Waals surface area contributed by atoms with Gasteiger partial charge in [-0.2, -0.15) is 0 Å². The lowest BCUT2D eigenvalue weighted by molar-refractivity contribution is 0.186. The molecule has 1 saturated carbocycles. The Bertz CT molecular complexity index is 252. The van der Waals surface area contributed by atoms with Crippen LogP contribution >= 0.6 is 0 Å². The average molecular weight is 252 g/mol. The summed E-state index contributed by atoms with van der Waals surface area (Å²) in [6.07, 6.45) is 6.99. The minimum atomic E-state index is 0.492. The fourth-order valence-corrected chi connectivity index (χ4v) is 3.18. The van der Waals surface area contributed by atoms with E-state index >= 15 is 0 Å². The molecule has 106 valence electrons. The van der Waals surface area contributed by atoms with Gasteiger partial charge in [0.15, 0.2) is 0 Å². The highest BCUT2D eigenvalue weighted by molar-refractivity contribution is 4.85. The van der Waals surface area contributed by atoms with Crippen LogP contribution in [0.5, 0.6) is 0 Å². The van der Waals surface area contributed by atoms with Crippen molar-refractivity contribution < 1.29 is 0 Å². The number of rotatable bonds is 4. The van der Waals surface area contributed by atoms with E-state index in [2.05, 4.69) is 37.9 Å². The molecule has 2 fully saturated rings. The van der Waals surface area contributed by atoms with E-state index in [9.17, 15) is 0 Å². The molecule has 2 atom stereocenters. The molecule has 0 aromatic heterocycles. The summed E-state index contributed by atoms with van der Waals surface area (Å²) >= 11 is 0. The molecule has 18 heavy (non-hydrogen) atoms. The van der Waals surface area contributed by atoms with Gasteiger partial charge in [0.2, 0.25) is 0 Å². The summed E-state index contributed by atoms with van der Waals surface area (Å²) in [5.41, 5.74) is 0.492. The number of nitrogens with one attached hydrogen (secondary N) is 1. The Hall–Kier alpha value is -0.0800. The molecule has 1 heterocycles. The van der Waals surface area contributed by atoms with E-state index in [1.54, 1.807) is 0 Å². The molecular formula is C16H32N2. The van der Waals surface area contributed by atoms with Gasteiger partial charge in [0, 0.05) is 18.6 Å². The van der Waals surface area contributed by atoms with Crippen LogP contribution in [0.25, 0.3) is 0 Å². The van der Waals surface area contributed by atoms with Gasteiger partial charge in [-0.1, -0.05) is 20.8 Å². The van der Waals surface area contributed by atoms with Crippen LogP contribution in [0.2, 0.25) is 0 Å². The summed E-state index contributed by atoms with van der Waals surface area (Å²) in [6.45, 7) is 13.4. The molecule has 2 heteroatoms. The van der Waals surface area contributed by atoms with Crippen LogP contribution in [-0.2, 0) is 0 Å². The quantitative estimate of drug-likeness (QED) is 0.826. The van der Waals surface area contributed by atoms with Crippen molar-refractivity contribution in [1.82, 2.24) is 10.2 Å². The van der Waals surface area contributed by atoms with Crippen molar-refractivity contribution in [2.75, 3.05) is 19.6 Å². The van der Waals surface area contributed by atoms with E-state index in [1.165, 1.54) is 51.7 Å². The van der Waals surface area contributed by atoms with Gasteiger partial charge in [-0.05, 0) is 63.5 Å². The number of nitrogens with zero attached hydrogens (tertiary/aromatic N) is 1. The minimum Gasteiger partial charge on any atom is -0.312 e. The van der Waals surface area contributed by atoms with Crippen molar-refractivity contribution in [3.63, 3.8) is 0 Å². The number of hydrogen-bond donors (Lipinski definition) is 1. The molecule has 0 spiro atoms. The maximum atomic E-state index is 3.67. The van der Waals surface area contributed by atoms with E-state index in [0.717, 1.165) is 12.0 Å². The molecular weight excluding hydrogens is 220 g/mol. The molecule has 2 rings (SSSR count). The molecule has 2 unspecified atom stereocenters. The first-order valence-electron chi connectivity index (χ1n) is 7.94. The first-order valence-corrected chi connectivity index (χ1v) is 7.94. The van der Waals surface area contributed by atoms with Gasteiger partial charge in [0.1, 0.15) is 0 Å². The zero-order chi connectivity index (χ0) is 13.2. The third-order valence-electron chi connectivity index (χ3n) is 4.89. The molecule has 2 aliphatic rings. The van der Waals surface area contributed by atoms with Gasteiger partial charge in [0.05, 0.1) is 0 Å². The molecule has 1 saturated heterocycles. The second kappa shape index (κ2) is 5.92. The van der Waals surface area contributed by atoms with Crippen molar-refractivity contribution in [3.8, 4) is 0 Å². The predicted octanol–water partition coefficient (Wildman–Crippen LogP) is 3.28. The first kappa shape index (κ1) is 14.3. The lowest BCUT2D eigenvalue weighted by atomic mass is 9.77. The van der Waals surface area contributed by atoms with Crippen LogP contribution in [-0.4, -0.2) is 36.6 Å². The fourth-order valence-electron chi connectivity index (χ4n) is 3.18. The summed E-state index contributed by atoms with van der Waals surface area (Å²) in [6, 6.07) is 1.56. The van der Waals surface area contributed by atoms with E-state index in [4.69, 9.17) is 0 Å². The van der Waals surface area contributed by atoms with Gasteiger partial charge < -0.3 is 5.32 Å². The van der Waals surface area contributed by atoms with Crippen molar-refractivity contribution in [1.29, 1.82) is 0 Å². The topological polar surface area (TPSA) is 15.3 Å². The molecule has 1 N–H and O–H groups in total. The molecule has 1 aliphatic heterocycles. The highest BCUT2D eigenvalue weighted by atomic mass is 15.2. The Balaban J connectivity index is 1.76. The Morgan fingerprint density at radius 2 is 1.83 bits per heavy atom. The predicted molar refractivity (Wildman–Crippen MR) is 78.9 cm³/mol. The molecule has 0 aromatic carbocycles. The van der Waals surface area contributed by atoms with Crippen molar-refractivity contribution in [2.24, 2.45) is 11.3 Å². The third kappa shape index (κ3) is 4.24. The Morgan fingerprint density at radius 1 is 1.11 bits per heavy atom. The summed E-state index contributed by atoms with van der Waals surface area (Å²) < 4.78 is 0. The summed E-state index contributed by atoms with van der Waals surface area (Å²) in [7, 11) is 0. The highest BCUT2D eigenvalue weighted by Crippen LogP contribution is 2.34. The van der Waals surface area contributed by atoms with Crippen molar-refractivity contribution in [3.05, 3.63) is 0 Å². The standard InChI is InChI=1S/C16H32N2/c1-13(12-17-15-7-8-15)18-10-5-6-14(9-11-18)16(2,3)4/h13-15,17H,5-12H2,1-4H3. The Morgan fingerprint density at radius 3 is 2.44 bits per heavy atom. The fraction of sp³-hybridized carbons (Fsp3) is 1.00. The van der Waals surface area contributed by atoms with Gasteiger partial charge in [0.25, 0.3) is 0 Å². The summed E-state index contributed by atoms with van der Waals surface area (Å²) in [5.74, 6) is 0.908. The monoisotopic (exact) mass is 252 g/mol. The minimum absolute atomic E-state index is 0.492. The first-order chi connectivity index (χ1) is 8.47. The normalized spacial score (nSPS) is 29.0. The van der Waals surface area contributed by atoms with Crippen molar-refractivity contribution in [2.45, 2.75) is 71.9 Å². The maximum Gasteiger partial charge on any atom is 0.0192 e. The lowest BCUT2D eigenvalue weighted by Gasteiger charge is -2.31. The van der Waals surface area contributed by atoms with E-state index in [-0.39, 0.29) is 0 Å². The van der Waals surface area contributed by atoms with Gasteiger partial charge in [-0.25, -0.2) is 0 Å². The highest BCUT2D eigenvalue weighted by Gasteiger charge is 2.29. The van der Waals surface area contributed by atoms with Crippen LogP contribution < -0.4 is 5.32 Å². The van der Waals surface area contributed by atoms with Crippen molar-refractivity contribution >= 4 is 0 Å². The van der Waals surface area contributed by atoms with Gasteiger partial charge in [-0.15, -0.1) is 0 Å². The largest absolute Gasteiger partial charge is 0.312 e.